The number of nitrogens with one attached hydrogen (secondary N) is 1. The zero-order valence-electron chi connectivity index (χ0n) is 8.73. The molecule has 1 aromatic heterocycles. The smallest absolute Gasteiger partial charge is 0.352 e. The minimum absolute atomic E-state index is 0.0270. The van der Waals surface area contributed by atoms with Crippen molar-refractivity contribution in [3.8, 4) is 0 Å². The van der Waals surface area contributed by atoms with Crippen molar-refractivity contribution in [2.75, 3.05) is 6.61 Å². The molecule has 0 radical (unpaired) electrons. The number of carbonyl (C=O) groups is 2. The van der Waals surface area contributed by atoms with Gasteiger partial charge in [-0.05, 0) is 25.3 Å². The first-order chi connectivity index (χ1) is 7.68. The van der Waals surface area contributed by atoms with Crippen LogP contribution in [0.15, 0.2) is 12.3 Å². The van der Waals surface area contributed by atoms with Crippen molar-refractivity contribution in [1.82, 2.24) is 4.98 Å². The Morgan fingerprint density at radius 2 is 2.25 bits per heavy atom. The lowest BCUT2D eigenvalue weighted by atomic mass is 10.0. The van der Waals surface area contributed by atoms with Gasteiger partial charge >= 0.3 is 5.97 Å². The Labute approximate surface area is 92.4 Å². The molecule has 1 aromatic rings. The minimum Gasteiger partial charge on any atom is -0.477 e. The van der Waals surface area contributed by atoms with E-state index in [0.717, 1.165) is 12.8 Å². The van der Waals surface area contributed by atoms with Crippen LogP contribution in [0.3, 0.4) is 0 Å². The first-order valence-corrected chi connectivity index (χ1v) is 5.26. The van der Waals surface area contributed by atoms with Crippen molar-refractivity contribution in [3.05, 3.63) is 23.5 Å². The summed E-state index contributed by atoms with van der Waals surface area (Å²) in [5.41, 5.74) is 0.406. The highest BCUT2D eigenvalue weighted by molar-refractivity contribution is 6.01. The van der Waals surface area contributed by atoms with Crippen LogP contribution in [0, 0.1) is 0 Å². The summed E-state index contributed by atoms with van der Waals surface area (Å²) >= 11 is 0. The maximum Gasteiger partial charge on any atom is 0.352 e. The zero-order valence-corrected chi connectivity index (χ0v) is 8.73. The average Bonchev–Trinajstić information content (AvgIpc) is 2.78. The van der Waals surface area contributed by atoms with Crippen molar-refractivity contribution in [2.24, 2.45) is 0 Å². The first-order valence-electron chi connectivity index (χ1n) is 5.26. The number of rotatable bonds is 3. The van der Waals surface area contributed by atoms with Gasteiger partial charge in [0.15, 0.2) is 5.78 Å². The second kappa shape index (κ2) is 4.49. The predicted octanol–water partition coefficient (Wildman–Crippen LogP) is 1.46. The lowest BCUT2D eigenvalue weighted by Crippen LogP contribution is -2.27. The fourth-order valence-corrected chi connectivity index (χ4v) is 1.79. The van der Waals surface area contributed by atoms with Gasteiger partial charge in [0.05, 0.1) is 0 Å². The van der Waals surface area contributed by atoms with Gasteiger partial charge in [-0.25, -0.2) is 4.79 Å². The zero-order chi connectivity index (χ0) is 11.5. The van der Waals surface area contributed by atoms with Gasteiger partial charge in [-0.3, -0.25) is 4.79 Å². The van der Waals surface area contributed by atoms with E-state index in [4.69, 9.17) is 9.84 Å². The van der Waals surface area contributed by atoms with Gasteiger partial charge < -0.3 is 14.8 Å². The predicted molar refractivity (Wildman–Crippen MR) is 55.7 cm³/mol. The number of hydrogen-bond acceptors (Lipinski definition) is 3. The number of carboxylic acid groups (broad SMARTS) is 1. The van der Waals surface area contributed by atoms with E-state index in [1.807, 2.05) is 0 Å². The molecule has 0 aromatic carbocycles. The quantitative estimate of drug-likeness (QED) is 0.760. The third-order valence-electron chi connectivity index (χ3n) is 2.67. The molecule has 1 unspecified atom stereocenters. The van der Waals surface area contributed by atoms with Crippen molar-refractivity contribution < 1.29 is 19.4 Å². The summed E-state index contributed by atoms with van der Waals surface area (Å²) in [4.78, 5) is 25.1. The van der Waals surface area contributed by atoms with Crippen LogP contribution in [0.25, 0.3) is 0 Å². The number of carboxylic acids is 1. The van der Waals surface area contributed by atoms with E-state index >= 15 is 0 Å². The van der Waals surface area contributed by atoms with Crippen LogP contribution in [-0.2, 0) is 4.74 Å². The molecule has 1 aliphatic heterocycles. The molecule has 1 atom stereocenters. The Morgan fingerprint density at radius 3 is 2.81 bits per heavy atom. The standard InChI is InChI=1S/C11H13NO4/c13-10(9-3-1-2-4-16-9)7-5-8(11(14)15)12-6-7/h5-6,9,12H,1-4H2,(H,14,15). The normalized spacial score (nSPS) is 20.6. The summed E-state index contributed by atoms with van der Waals surface area (Å²) < 4.78 is 5.35. The van der Waals surface area contributed by atoms with E-state index < -0.39 is 12.1 Å². The highest BCUT2D eigenvalue weighted by Gasteiger charge is 2.24. The van der Waals surface area contributed by atoms with E-state index in [9.17, 15) is 9.59 Å². The molecule has 0 saturated carbocycles. The van der Waals surface area contributed by atoms with E-state index in [1.165, 1.54) is 12.3 Å². The third-order valence-corrected chi connectivity index (χ3v) is 2.67. The summed E-state index contributed by atoms with van der Waals surface area (Å²) in [6, 6.07) is 1.35. The molecule has 1 saturated heterocycles. The van der Waals surface area contributed by atoms with Crippen LogP contribution < -0.4 is 0 Å². The maximum absolute atomic E-state index is 11.9. The summed E-state index contributed by atoms with van der Waals surface area (Å²) in [6.07, 6.45) is 3.69. The highest BCUT2D eigenvalue weighted by atomic mass is 16.5. The number of ether oxygens (including phenoxy) is 1. The Bertz CT molecular complexity index is 404. The lowest BCUT2D eigenvalue weighted by Gasteiger charge is -2.20. The number of carbonyl (C=O) groups excluding carboxylic acids is 1. The number of hydrogen-bond donors (Lipinski definition) is 2. The SMILES string of the molecule is O=C(O)c1cc(C(=O)C2CCCCO2)c[nH]1. The second-order valence-electron chi connectivity index (χ2n) is 3.83. The molecule has 2 rings (SSSR count). The molecule has 1 fully saturated rings. The van der Waals surface area contributed by atoms with Gasteiger partial charge in [0.2, 0.25) is 0 Å². The Morgan fingerprint density at radius 1 is 1.44 bits per heavy atom. The summed E-state index contributed by atoms with van der Waals surface area (Å²) in [5, 5.41) is 8.72. The van der Waals surface area contributed by atoms with Crippen LogP contribution in [0.2, 0.25) is 0 Å². The fraction of sp³-hybridized carbons (Fsp3) is 0.455. The van der Waals surface area contributed by atoms with Gasteiger partial charge in [0.1, 0.15) is 11.8 Å². The molecule has 86 valence electrons. The van der Waals surface area contributed by atoms with Gasteiger partial charge in [-0.2, -0.15) is 0 Å². The second-order valence-corrected chi connectivity index (χ2v) is 3.83. The molecule has 5 heteroatoms. The molecule has 2 heterocycles. The molecule has 0 amide bonds. The molecule has 2 N–H and O–H groups in total. The van der Waals surface area contributed by atoms with Gasteiger partial charge in [0, 0.05) is 18.4 Å². The number of aromatic carboxylic acids is 1. The van der Waals surface area contributed by atoms with Crippen LogP contribution in [-0.4, -0.2) is 34.6 Å². The molecule has 0 aliphatic carbocycles. The van der Waals surface area contributed by atoms with E-state index in [1.54, 1.807) is 0 Å². The molecule has 1 aliphatic rings. The fourth-order valence-electron chi connectivity index (χ4n) is 1.79. The van der Waals surface area contributed by atoms with Crippen LogP contribution >= 0.6 is 0 Å². The Hall–Kier alpha value is -1.62. The van der Waals surface area contributed by atoms with Crippen LogP contribution in [0.1, 0.15) is 40.1 Å². The highest BCUT2D eigenvalue weighted by Crippen LogP contribution is 2.17. The van der Waals surface area contributed by atoms with Crippen molar-refractivity contribution in [3.63, 3.8) is 0 Å². The molecular formula is C11H13NO4. The van der Waals surface area contributed by atoms with Gasteiger partial charge in [-0.15, -0.1) is 0 Å². The van der Waals surface area contributed by atoms with Crippen molar-refractivity contribution in [1.29, 1.82) is 0 Å². The number of H-pyrrole nitrogens is 1. The Kier molecular flexibility index (Phi) is 3.05. The molecule has 16 heavy (non-hydrogen) atoms. The number of ketones is 1. The molecule has 0 spiro atoms. The maximum atomic E-state index is 11.9. The summed E-state index contributed by atoms with van der Waals surface area (Å²) in [5.74, 6) is -1.20. The Balaban J connectivity index is 2.10. The first kappa shape index (κ1) is 10.9. The van der Waals surface area contributed by atoms with Crippen LogP contribution in [0.5, 0.6) is 0 Å². The molecular weight excluding hydrogens is 210 g/mol. The van der Waals surface area contributed by atoms with Gasteiger partial charge in [-0.1, -0.05) is 0 Å². The summed E-state index contributed by atoms with van der Waals surface area (Å²) in [7, 11) is 0. The average molecular weight is 223 g/mol. The topological polar surface area (TPSA) is 79.4 Å². The number of Topliss-reactive ketones (excluding diaryl/α,β-unsaturated/α-hetero) is 1. The lowest BCUT2D eigenvalue weighted by molar-refractivity contribution is 0.0186. The van der Waals surface area contributed by atoms with Crippen molar-refractivity contribution in [2.45, 2.75) is 25.4 Å². The largest absolute Gasteiger partial charge is 0.477 e. The monoisotopic (exact) mass is 223 g/mol. The summed E-state index contributed by atoms with van der Waals surface area (Å²) in [6.45, 7) is 0.604. The molecule has 0 bridgehead atoms. The van der Waals surface area contributed by atoms with Crippen molar-refractivity contribution >= 4 is 11.8 Å². The van der Waals surface area contributed by atoms with E-state index in [2.05, 4.69) is 4.98 Å². The minimum atomic E-state index is -1.07. The van der Waals surface area contributed by atoms with E-state index in [-0.39, 0.29) is 11.5 Å². The number of aromatic nitrogens is 1. The van der Waals surface area contributed by atoms with E-state index in [0.29, 0.717) is 18.6 Å². The third kappa shape index (κ3) is 2.14. The molecule has 5 nitrogen and oxygen atoms in total. The van der Waals surface area contributed by atoms with Gasteiger partial charge in [0.25, 0.3) is 0 Å². The number of aromatic amines is 1. The van der Waals surface area contributed by atoms with Crippen LogP contribution in [0.4, 0.5) is 0 Å².